The highest BCUT2D eigenvalue weighted by molar-refractivity contribution is 8.16. The van der Waals surface area contributed by atoms with Gasteiger partial charge in [0.05, 0.1) is 0 Å². The Hall–Kier alpha value is -0.840. The number of aldehydes is 1. The van der Waals surface area contributed by atoms with E-state index in [1.165, 1.54) is 0 Å². The maximum absolute atomic E-state index is 11.0. The van der Waals surface area contributed by atoms with Crippen molar-refractivity contribution in [3.63, 3.8) is 0 Å². The summed E-state index contributed by atoms with van der Waals surface area (Å²) in [4.78, 5) is 32.1. The van der Waals surface area contributed by atoms with Crippen molar-refractivity contribution in [3.05, 3.63) is 0 Å². The Labute approximate surface area is 67.7 Å². The molecule has 0 radical (unpaired) electrons. The monoisotopic (exact) mass is 173 g/mol. The molecule has 0 aromatic heterocycles. The minimum absolute atomic E-state index is 0.346. The number of thioether (sulfide) groups is 1. The van der Waals surface area contributed by atoms with Gasteiger partial charge in [-0.1, -0.05) is 6.92 Å². The van der Waals surface area contributed by atoms with Crippen LogP contribution in [0.5, 0.6) is 0 Å². The highest BCUT2D eigenvalue weighted by Gasteiger charge is 2.46. The van der Waals surface area contributed by atoms with Gasteiger partial charge in [-0.15, -0.1) is 0 Å². The van der Waals surface area contributed by atoms with E-state index in [0.717, 1.165) is 11.8 Å². The smallest absolute Gasteiger partial charge is 0.287 e. The lowest BCUT2D eigenvalue weighted by Gasteiger charge is -2.11. The number of nitrogens with one attached hydrogen (secondary N) is 1. The minimum Gasteiger partial charge on any atom is -0.301 e. The molecule has 0 bridgehead atoms. The average Bonchev–Trinajstić information content (AvgIpc) is 2.27. The van der Waals surface area contributed by atoms with Crippen molar-refractivity contribution in [2.45, 2.75) is 18.1 Å². The van der Waals surface area contributed by atoms with Crippen molar-refractivity contribution in [2.24, 2.45) is 0 Å². The number of hydrogen-bond donors (Lipinski definition) is 1. The molecule has 2 amide bonds. The van der Waals surface area contributed by atoms with Gasteiger partial charge in [-0.05, 0) is 18.2 Å². The fraction of sp³-hybridized carbons (Fsp3) is 0.500. The molecule has 0 aromatic rings. The molecule has 1 rings (SSSR count). The second-order valence-electron chi connectivity index (χ2n) is 2.20. The van der Waals surface area contributed by atoms with Crippen LogP contribution in [0.3, 0.4) is 0 Å². The zero-order chi connectivity index (χ0) is 8.48. The van der Waals surface area contributed by atoms with E-state index in [2.05, 4.69) is 5.32 Å². The molecule has 4 nitrogen and oxygen atoms in total. The fourth-order valence-corrected chi connectivity index (χ4v) is 1.64. The summed E-state index contributed by atoms with van der Waals surface area (Å²) >= 11 is 0.753. The van der Waals surface area contributed by atoms with Crippen LogP contribution < -0.4 is 5.32 Å². The standard InChI is InChI=1S/C6H7NO3S/c1-2-6(3-8)4(9)7-5(10)11-6/h3H,2H2,1H3,(H,7,9,10). The lowest BCUT2D eigenvalue weighted by Crippen LogP contribution is -2.37. The zero-order valence-corrected chi connectivity index (χ0v) is 6.73. The van der Waals surface area contributed by atoms with Gasteiger partial charge in [0.25, 0.3) is 11.1 Å². The summed E-state index contributed by atoms with van der Waals surface area (Å²) < 4.78 is -1.16. The number of carbonyl (C=O) groups is 3. The molecule has 1 fully saturated rings. The van der Waals surface area contributed by atoms with Gasteiger partial charge in [0.15, 0.2) is 4.75 Å². The van der Waals surface area contributed by atoms with Gasteiger partial charge in [0.1, 0.15) is 6.29 Å². The van der Waals surface area contributed by atoms with Crippen LogP contribution in [0.15, 0.2) is 0 Å². The van der Waals surface area contributed by atoms with Gasteiger partial charge in [0.2, 0.25) is 0 Å². The molecule has 1 aliphatic rings. The zero-order valence-electron chi connectivity index (χ0n) is 5.92. The highest BCUT2D eigenvalue weighted by Crippen LogP contribution is 2.32. The van der Waals surface area contributed by atoms with Gasteiger partial charge < -0.3 is 4.79 Å². The van der Waals surface area contributed by atoms with E-state index in [-0.39, 0.29) is 0 Å². The molecule has 0 saturated carbocycles. The van der Waals surface area contributed by atoms with Crippen LogP contribution in [0.2, 0.25) is 0 Å². The van der Waals surface area contributed by atoms with E-state index in [9.17, 15) is 14.4 Å². The first-order chi connectivity index (χ1) is 5.14. The van der Waals surface area contributed by atoms with Gasteiger partial charge in [-0.2, -0.15) is 0 Å². The van der Waals surface area contributed by atoms with Crippen molar-refractivity contribution < 1.29 is 14.4 Å². The normalized spacial score (nSPS) is 30.3. The summed E-state index contributed by atoms with van der Waals surface area (Å²) in [5.41, 5.74) is 0. The highest BCUT2D eigenvalue weighted by atomic mass is 32.2. The third-order valence-electron chi connectivity index (χ3n) is 1.59. The molecule has 0 spiro atoms. The van der Waals surface area contributed by atoms with E-state index in [1.807, 2.05) is 0 Å². The SMILES string of the molecule is CCC1(C=O)SC(=O)NC1=O. The molecule has 0 aromatic carbocycles. The second kappa shape index (κ2) is 2.65. The molecule has 0 aliphatic carbocycles. The molecule has 1 saturated heterocycles. The first-order valence-corrected chi connectivity index (χ1v) is 3.97. The third kappa shape index (κ3) is 1.16. The lowest BCUT2D eigenvalue weighted by atomic mass is 10.1. The predicted molar refractivity (Wildman–Crippen MR) is 40.2 cm³/mol. The summed E-state index contributed by atoms with van der Waals surface area (Å²) in [6.07, 6.45) is 0.872. The first kappa shape index (κ1) is 8.26. The quantitative estimate of drug-likeness (QED) is 0.482. The Morgan fingerprint density at radius 1 is 1.64 bits per heavy atom. The summed E-state index contributed by atoms with van der Waals surface area (Å²) in [5.74, 6) is -0.495. The van der Waals surface area contributed by atoms with Crippen LogP contribution in [-0.4, -0.2) is 22.2 Å². The van der Waals surface area contributed by atoms with Crippen molar-refractivity contribution in [1.29, 1.82) is 0 Å². The molecule has 1 unspecified atom stereocenters. The van der Waals surface area contributed by atoms with Crippen LogP contribution in [0.1, 0.15) is 13.3 Å². The topological polar surface area (TPSA) is 63.2 Å². The van der Waals surface area contributed by atoms with Crippen LogP contribution in [-0.2, 0) is 9.59 Å². The average molecular weight is 173 g/mol. The molecular weight excluding hydrogens is 166 g/mol. The van der Waals surface area contributed by atoms with Crippen LogP contribution in [0, 0.1) is 0 Å². The maximum Gasteiger partial charge on any atom is 0.287 e. The molecule has 60 valence electrons. The second-order valence-corrected chi connectivity index (χ2v) is 3.51. The maximum atomic E-state index is 11.0. The van der Waals surface area contributed by atoms with Crippen molar-refractivity contribution >= 4 is 29.2 Å². The van der Waals surface area contributed by atoms with Gasteiger partial charge >= 0.3 is 0 Å². The van der Waals surface area contributed by atoms with E-state index in [0.29, 0.717) is 12.7 Å². The molecule has 1 aliphatic heterocycles. The molecule has 1 heterocycles. The summed E-state index contributed by atoms with van der Waals surface area (Å²) in [5, 5.41) is 1.62. The van der Waals surface area contributed by atoms with Crippen molar-refractivity contribution in [1.82, 2.24) is 5.32 Å². The van der Waals surface area contributed by atoms with Crippen molar-refractivity contribution in [2.75, 3.05) is 0 Å². The molecule has 5 heteroatoms. The van der Waals surface area contributed by atoms with Crippen LogP contribution in [0.25, 0.3) is 0 Å². The van der Waals surface area contributed by atoms with Crippen molar-refractivity contribution in [3.8, 4) is 0 Å². The first-order valence-electron chi connectivity index (χ1n) is 3.15. The molecule has 11 heavy (non-hydrogen) atoms. The number of imide groups is 1. The van der Waals surface area contributed by atoms with E-state index in [4.69, 9.17) is 0 Å². The number of hydrogen-bond acceptors (Lipinski definition) is 4. The summed E-state index contributed by atoms with van der Waals surface area (Å²) in [6.45, 7) is 1.69. The third-order valence-corrected chi connectivity index (χ3v) is 2.81. The Balaban J connectivity index is 2.93. The Kier molecular flexibility index (Phi) is 1.99. The van der Waals surface area contributed by atoms with Gasteiger partial charge in [-0.3, -0.25) is 14.9 Å². The predicted octanol–water partition coefficient (Wildman–Crippen LogP) is 0.317. The number of carbonyl (C=O) groups excluding carboxylic acids is 3. The number of amides is 2. The largest absolute Gasteiger partial charge is 0.301 e. The molecular formula is C6H7NO3S. The minimum atomic E-state index is -1.16. The Morgan fingerprint density at radius 2 is 2.27 bits per heavy atom. The summed E-state index contributed by atoms with van der Waals surface area (Å²) in [7, 11) is 0. The lowest BCUT2D eigenvalue weighted by molar-refractivity contribution is -0.125. The van der Waals surface area contributed by atoms with Crippen LogP contribution >= 0.6 is 11.8 Å². The van der Waals surface area contributed by atoms with Gasteiger partial charge in [0, 0.05) is 0 Å². The van der Waals surface area contributed by atoms with Crippen LogP contribution in [0.4, 0.5) is 4.79 Å². The summed E-state index contributed by atoms with van der Waals surface area (Å²) in [6, 6.07) is 0. The molecule has 1 N–H and O–H groups in total. The van der Waals surface area contributed by atoms with E-state index >= 15 is 0 Å². The Bertz CT molecular complexity index is 228. The fourth-order valence-electron chi connectivity index (χ4n) is 0.829. The molecule has 1 atom stereocenters. The van der Waals surface area contributed by atoms with E-state index in [1.54, 1.807) is 6.92 Å². The van der Waals surface area contributed by atoms with E-state index < -0.39 is 15.9 Å². The van der Waals surface area contributed by atoms with Gasteiger partial charge in [-0.25, -0.2) is 0 Å². The number of rotatable bonds is 2. The Morgan fingerprint density at radius 3 is 2.45 bits per heavy atom.